The van der Waals surface area contributed by atoms with Crippen molar-refractivity contribution in [2.24, 2.45) is 7.05 Å². The number of aromatic amines is 1. The molecule has 7 nitrogen and oxygen atoms in total. The lowest BCUT2D eigenvalue weighted by Crippen LogP contribution is -2.44. The second-order valence-electron chi connectivity index (χ2n) is 8.04. The van der Waals surface area contributed by atoms with Crippen LogP contribution in [0.4, 0.5) is 0 Å². The van der Waals surface area contributed by atoms with E-state index in [9.17, 15) is 14.7 Å². The first-order valence-electron chi connectivity index (χ1n) is 10.6. The van der Waals surface area contributed by atoms with Crippen LogP contribution in [0.25, 0.3) is 16.6 Å². The predicted octanol–water partition coefficient (Wildman–Crippen LogP) is 3.34. The van der Waals surface area contributed by atoms with Crippen molar-refractivity contribution in [2.45, 2.75) is 19.4 Å². The van der Waals surface area contributed by atoms with Crippen molar-refractivity contribution < 1.29 is 5.11 Å². The third kappa shape index (κ3) is 3.00. The lowest BCUT2D eigenvalue weighted by molar-refractivity contribution is 0.214. The van der Waals surface area contributed by atoms with E-state index in [0.29, 0.717) is 17.3 Å². The summed E-state index contributed by atoms with van der Waals surface area (Å²) < 4.78 is 2.21. The van der Waals surface area contributed by atoms with Crippen LogP contribution in [0, 0.1) is 0 Å². The van der Waals surface area contributed by atoms with Gasteiger partial charge in [0.25, 0.3) is 5.56 Å². The number of aromatic nitrogens is 3. The molecule has 0 unspecified atom stereocenters. The van der Waals surface area contributed by atoms with E-state index in [2.05, 4.69) is 16.0 Å². The Hall–Kier alpha value is -3.29. The Kier molecular flexibility index (Phi) is 4.95. The summed E-state index contributed by atoms with van der Waals surface area (Å²) in [5.41, 5.74) is 2.43. The first kappa shape index (κ1) is 20.6. The maximum atomic E-state index is 13.8. The summed E-state index contributed by atoms with van der Waals surface area (Å²) in [5, 5.41) is 12.6. The molecule has 1 aliphatic rings. The van der Waals surface area contributed by atoms with Gasteiger partial charge in [0, 0.05) is 35.2 Å². The number of hydrogen-bond donors (Lipinski definition) is 2. The third-order valence-corrected chi connectivity index (χ3v) is 6.62. The van der Waals surface area contributed by atoms with E-state index in [-0.39, 0.29) is 11.4 Å². The van der Waals surface area contributed by atoms with Crippen molar-refractivity contribution in [3.63, 3.8) is 0 Å². The van der Waals surface area contributed by atoms with Crippen molar-refractivity contribution in [1.82, 2.24) is 19.0 Å². The predicted molar refractivity (Wildman–Crippen MR) is 125 cm³/mol. The average molecular weight is 451 g/mol. The average Bonchev–Trinajstić information content (AvgIpc) is 3.18. The molecule has 5 rings (SSSR count). The summed E-state index contributed by atoms with van der Waals surface area (Å²) in [6.07, 6.45) is 0.835. The smallest absolute Gasteiger partial charge is 0.338 e. The van der Waals surface area contributed by atoms with E-state index in [1.165, 1.54) is 7.05 Å². The molecule has 0 radical (unpaired) electrons. The highest BCUT2D eigenvalue weighted by Gasteiger charge is 2.36. The number of benzene rings is 2. The van der Waals surface area contributed by atoms with Crippen LogP contribution in [0.1, 0.15) is 29.8 Å². The van der Waals surface area contributed by atoms with E-state index < -0.39 is 17.3 Å². The summed E-state index contributed by atoms with van der Waals surface area (Å²) in [6.45, 7) is 3.44. The van der Waals surface area contributed by atoms with Crippen LogP contribution in [-0.4, -0.2) is 37.2 Å². The van der Waals surface area contributed by atoms with Crippen LogP contribution in [0.5, 0.6) is 5.88 Å². The lowest BCUT2D eigenvalue weighted by atomic mass is 9.93. The highest BCUT2D eigenvalue weighted by atomic mass is 35.5. The largest absolute Gasteiger partial charge is 0.494 e. The molecule has 1 atom stereocenters. The number of H-pyrrole nitrogens is 1. The molecule has 4 aromatic rings. The SMILES string of the molecule is CCN1CCc2c([nH]c3ccccc23)[C@@H]1c1c(O)n(C)c(=O)n(-c2ccc(Cl)cc2)c1=O. The number of nitrogens with one attached hydrogen (secondary N) is 1. The minimum atomic E-state index is -0.616. The molecule has 1 aliphatic heterocycles. The Labute approximate surface area is 189 Å². The van der Waals surface area contributed by atoms with Crippen molar-refractivity contribution >= 4 is 22.5 Å². The molecule has 0 saturated carbocycles. The molecule has 164 valence electrons. The number of para-hydroxylation sites is 1. The fraction of sp³-hybridized carbons (Fsp3) is 0.250. The van der Waals surface area contributed by atoms with Gasteiger partial charge in [0.05, 0.1) is 11.7 Å². The van der Waals surface area contributed by atoms with Gasteiger partial charge in [-0.1, -0.05) is 36.7 Å². The first-order chi connectivity index (χ1) is 15.4. The van der Waals surface area contributed by atoms with Crippen LogP contribution in [0.15, 0.2) is 58.1 Å². The molecule has 32 heavy (non-hydrogen) atoms. The van der Waals surface area contributed by atoms with Gasteiger partial charge in [-0.2, -0.15) is 0 Å². The molecule has 0 spiro atoms. The summed E-state index contributed by atoms with van der Waals surface area (Å²) in [4.78, 5) is 32.4. The van der Waals surface area contributed by atoms with E-state index in [0.717, 1.165) is 44.3 Å². The third-order valence-electron chi connectivity index (χ3n) is 6.37. The highest BCUT2D eigenvalue weighted by Crippen LogP contribution is 2.39. The zero-order valence-corrected chi connectivity index (χ0v) is 18.6. The first-order valence-corrected chi connectivity index (χ1v) is 10.9. The molecular formula is C24H23ClN4O3. The molecule has 2 N–H and O–H groups in total. The fourth-order valence-corrected chi connectivity index (χ4v) is 4.87. The monoisotopic (exact) mass is 450 g/mol. The minimum absolute atomic E-state index is 0.177. The van der Waals surface area contributed by atoms with Gasteiger partial charge in [-0.05, 0) is 48.9 Å². The molecule has 2 aromatic heterocycles. The van der Waals surface area contributed by atoms with Crippen LogP contribution in [-0.2, 0) is 13.5 Å². The number of nitrogens with zero attached hydrogens (tertiary/aromatic N) is 3. The normalized spacial score (nSPS) is 16.4. The highest BCUT2D eigenvalue weighted by molar-refractivity contribution is 6.30. The molecule has 0 amide bonds. The Morgan fingerprint density at radius 3 is 2.56 bits per heavy atom. The summed E-state index contributed by atoms with van der Waals surface area (Å²) in [5.74, 6) is -0.319. The Morgan fingerprint density at radius 1 is 1.12 bits per heavy atom. The van der Waals surface area contributed by atoms with Gasteiger partial charge >= 0.3 is 5.69 Å². The zero-order chi connectivity index (χ0) is 22.6. The number of likely N-dealkylation sites (N-methyl/N-ethyl adjacent to an activating group) is 1. The Morgan fingerprint density at radius 2 is 1.84 bits per heavy atom. The van der Waals surface area contributed by atoms with Crippen LogP contribution in [0.2, 0.25) is 5.02 Å². The van der Waals surface area contributed by atoms with Gasteiger partial charge in [0.1, 0.15) is 5.56 Å². The summed E-state index contributed by atoms with van der Waals surface area (Å²) >= 11 is 6.00. The van der Waals surface area contributed by atoms with Crippen LogP contribution in [0.3, 0.4) is 0 Å². The van der Waals surface area contributed by atoms with Gasteiger partial charge in [0.2, 0.25) is 5.88 Å². The Balaban J connectivity index is 1.82. The Bertz CT molecular complexity index is 1450. The summed E-state index contributed by atoms with van der Waals surface area (Å²) in [6, 6.07) is 14.0. The number of hydrogen-bond acceptors (Lipinski definition) is 4. The van der Waals surface area contributed by atoms with Crippen LogP contribution >= 0.6 is 11.6 Å². The number of aromatic hydroxyl groups is 1. The van der Waals surface area contributed by atoms with E-state index in [4.69, 9.17) is 11.6 Å². The molecular weight excluding hydrogens is 428 g/mol. The molecule has 2 aromatic carbocycles. The summed E-state index contributed by atoms with van der Waals surface area (Å²) in [7, 11) is 1.47. The molecule has 0 saturated heterocycles. The molecule has 0 bridgehead atoms. The van der Waals surface area contributed by atoms with Crippen LogP contribution < -0.4 is 11.2 Å². The molecule has 8 heteroatoms. The van der Waals surface area contributed by atoms with E-state index in [1.54, 1.807) is 24.3 Å². The molecule has 0 aliphatic carbocycles. The number of rotatable bonds is 3. The maximum absolute atomic E-state index is 13.8. The minimum Gasteiger partial charge on any atom is -0.494 e. The van der Waals surface area contributed by atoms with Gasteiger partial charge in [-0.15, -0.1) is 0 Å². The topological polar surface area (TPSA) is 83.3 Å². The van der Waals surface area contributed by atoms with Crippen molar-refractivity contribution in [2.75, 3.05) is 13.1 Å². The van der Waals surface area contributed by atoms with Gasteiger partial charge in [-0.3, -0.25) is 14.3 Å². The van der Waals surface area contributed by atoms with Gasteiger partial charge < -0.3 is 10.1 Å². The lowest BCUT2D eigenvalue weighted by Gasteiger charge is -2.35. The number of halogens is 1. The quantitative estimate of drug-likeness (QED) is 0.501. The second kappa shape index (κ2) is 7.69. The van der Waals surface area contributed by atoms with Crippen molar-refractivity contribution in [3.05, 3.63) is 91.2 Å². The molecule has 3 heterocycles. The van der Waals surface area contributed by atoms with Crippen molar-refractivity contribution in [1.29, 1.82) is 0 Å². The molecule has 0 fully saturated rings. The standard InChI is InChI=1S/C24H23ClN4O3/c1-3-28-13-12-17-16-6-4-5-7-18(16)26-20(17)21(28)19-22(30)27(2)24(32)29(23(19)31)15-10-8-14(25)9-11-15/h4-11,21,26,30H,3,12-13H2,1-2H3/t21-/m0/s1. The number of fused-ring (bicyclic) bond motifs is 3. The van der Waals surface area contributed by atoms with Gasteiger partial charge in [0.15, 0.2) is 0 Å². The zero-order valence-electron chi connectivity index (χ0n) is 17.8. The van der Waals surface area contributed by atoms with E-state index in [1.807, 2.05) is 25.1 Å². The van der Waals surface area contributed by atoms with Gasteiger partial charge in [-0.25, -0.2) is 9.36 Å². The fourth-order valence-electron chi connectivity index (χ4n) is 4.74. The maximum Gasteiger partial charge on any atom is 0.338 e. The second-order valence-corrected chi connectivity index (χ2v) is 8.48. The van der Waals surface area contributed by atoms with Crippen molar-refractivity contribution in [3.8, 4) is 11.6 Å². The van der Waals surface area contributed by atoms with E-state index >= 15 is 0 Å².